The van der Waals surface area contributed by atoms with E-state index < -0.39 is 0 Å². The molecule has 0 amide bonds. The molecule has 2 nitrogen and oxygen atoms in total. The van der Waals surface area contributed by atoms with Crippen LogP contribution in [0.25, 0.3) is 0 Å². The average molecular weight is 226 g/mol. The number of benzene rings is 1. The molecule has 0 bridgehead atoms. The highest BCUT2D eigenvalue weighted by Gasteiger charge is 2.30. The van der Waals surface area contributed by atoms with Crippen molar-refractivity contribution in [2.75, 3.05) is 13.2 Å². The maximum absolute atomic E-state index is 6.22. The number of rotatable bonds is 2. The molecule has 1 fully saturated rings. The van der Waals surface area contributed by atoms with Gasteiger partial charge in [0.2, 0.25) is 0 Å². The molecule has 0 aliphatic carbocycles. The smallest absolute Gasteiger partial charge is 0.0650 e. The first-order chi connectivity index (χ1) is 7.09. The molecular formula is C12H16ClNO. The third-order valence-corrected chi connectivity index (χ3v) is 3.34. The zero-order chi connectivity index (χ0) is 10.9. The molecule has 0 spiro atoms. The molecule has 1 unspecified atom stereocenters. The molecule has 1 saturated heterocycles. The van der Waals surface area contributed by atoms with Crippen LogP contribution in [0, 0.1) is 6.92 Å². The van der Waals surface area contributed by atoms with E-state index in [9.17, 15) is 0 Å². The molecule has 0 aromatic heterocycles. The first-order valence-corrected chi connectivity index (χ1v) is 5.59. The SMILES string of the molecule is Cc1cc(CC2(N)CCOC2)ccc1Cl. The molecule has 0 saturated carbocycles. The molecule has 2 N–H and O–H groups in total. The average Bonchev–Trinajstić information content (AvgIpc) is 2.59. The number of halogens is 1. The summed E-state index contributed by atoms with van der Waals surface area (Å²) < 4.78 is 5.34. The van der Waals surface area contributed by atoms with Crippen LogP contribution in [0.1, 0.15) is 17.5 Å². The summed E-state index contributed by atoms with van der Waals surface area (Å²) in [5.41, 5.74) is 8.39. The van der Waals surface area contributed by atoms with Crippen molar-refractivity contribution in [1.82, 2.24) is 0 Å². The normalized spacial score (nSPS) is 25.8. The predicted octanol–water partition coefficient (Wildman–Crippen LogP) is 2.31. The van der Waals surface area contributed by atoms with Gasteiger partial charge in [0.05, 0.1) is 6.61 Å². The van der Waals surface area contributed by atoms with Crippen LogP contribution < -0.4 is 5.73 Å². The van der Waals surface area contributed by atoms with E-state index in [0.717, 1.165) is 30.0 Å². The van der Waals surface area contributed by atoms with Crippen LogP contribution in [0.3, 0.4) is 0 Å². The van der Waals surface area contributed by atoms with Crippen LogP contribution >= 0.6 is 11.6 Å². The second kappa shape index (κ2) is 4.12. The Labute approximate surface area is 95.4 Å². The van der Waals surface area contributed by atoms with Gasteiger partial charge in [-0.15, -0.1) is 0 Å². The van der Waals surface area contributed by atoms with E-state index in [1.165, 1.54) is 5.56 Å². The van der Waals surface area contributed by atoms with E-state index in [1.807, 2.05) is 19.1 Å². The van der Waals surface area contributed by atoms with Crippen LogP contribution in [0.4, 0.5) is 0 Å². The number of hydrogen-bond acceptors (Lipinski definition) is 2. The summed E-state index contributed by atoms with van der Waals surface area (Å²) >= 11 is 5.98. The van der Waals surface area contributed by atoms with E-state index >= 15 is 0 Å². The zero-order valence-corrected chi connectivity index (χ0v) is 9.68. The van der Waals surface area contributed by atoms with Gasteiger partial charge in [0, 0.05) is 17.2 Å². The van der Waals surface area contributed by atoms with Crippen molar-refractivity contribution < 1.29 is 4.74 Å². The summed E-state index contributed by atoms with van der Waals surface area (Å²) in [5.74, 6) is 0. The second-order valence-corrected chi connectivity index (χ2v) is 4.83. The number of ether oxygens (including phenoxy) is 1. The molecule has 1 aliphatic heterocycles. The van der Waals surface area contributed by atoms with Gasteiger partial charge in [-0.1, -0.05) is 23.7 Å². The van der Waals surface area contributed by atoms with Crippen molar-refractivity contribution >= 4 is 11.6 Å². The minimum absolute atomic E-state index is 0.180. The fourth-order valence-corrected chi connectivity index (χ4v) is 2.10. The molecule has 15 heavy (non-hydrogen) atoms. The zero-order valence-electron chi connectivity index (χ0n) is 8.92. The van der Waals surface area contributed by atoms with Gasteiger partial charge in [-0.2, -0.15) is 0 Å². The predicted molar refractivity (Wildman–Crippen MR) is 62.2 cm³/mol. The highest BCUT2D eigenvalue weighted by Crippen LogP contribution is 2.23. The van der Waals surface area contributed by atoms with Gasteiger partial charge in [-0.25, -0.2) is 0 Å². The maximum atomic E-state index is 6.22. The Balaban J connectivity index is 2.13. The van der Waals surface area contributed by atoms with E-state index in [4.69, 9.17) is 22.1 Å². The second-order valence-electron chi connectivity index (χ2n) is 4.43. The van der Waals surface area contributed by atoms with Crippen molar-refractivity contribution in [2.45, 2.75) is 25.3 Å². The molecule has 1 aromatic carbocycles. The molecule has 3 heteroatoms. The molecule has 1 atom stereocenters. The van der Waals surface area contributed by atoms with Crippen molar-refractivity contribution in [3.05, 3.63) is 34.3 Å². The van der Waals surface area contributed by atoms with Crippen molar-refractivity contribution in [1.29, 1.82) is 0 Å². The summed E-state index contributed by atoms with van der Waals surface area (Å²) in [6.45, 7) is 3.46. The lowest BCUT2D eigenvalue weighted by Gasteiger charge is -2.21. The van der Waals surface area contributed by atoms with Gasteiger partial charge in [-0.05, 0) is 37.0 Å². The quantitative estimate of drug-likeness (QED) is 0.839. The largest absolute Gasteiger partial charge is 0.379 e. The first-order valence-electron chi connectivity index (χ1n) is 5.21. The van der Waals surface area contributed by atoms with Crippen LogP contribution in [-0.2, 0) is 11.2 Å². The van der Waals surface area contributed by atoms with Crippen LogP contribution in [-0.4, -0.2) is 18.8 Å². The molecule has 1 aliphatic rings. The lowest BCUT2D eigenvalue weighted by molar-refractivity contribution is 0.178. The van der Waals surface area contributed by atoms with Crippen molar-refractivity contribution in [3.8, 4) is 0 Å². The standard InChI is InChI=1S/C12H16ClNO/c1-9-6-10(2-3-11(9)13)7-12(14)4-5-15-8-12/h2-3,6H,4-5,7-8,14H2,1H3. The van der Waals surface area contributed by atoms with Crippen molar-refractivity contribution in [2.24, 2.45) is 5.73 Å². The van der Waals surface area contributed by atoms with E-state index in [1.54, 1.807) is 0 Å². The third-order valence-electron chi connectivity index (χ3n) is 2.91. The molecule has 82 valence electrons. The maximum Gasteiger partial charge on any atom is 0.0650 e. The van der Waals surface area contributed by atoms with Gasteiger partial charge in [0.25, 0.3) is 0 Å². The highest BCUT2D eigenvalue weighted by molar-refractivity contribution is 6.31. The van der Waals surface area contributed by atoms with Crippen LogP contribution in [0.2, 0.25) is 5.02 Å². The van der Waals surface area contributed by atoms with E-state index in [2.05, 4.69) is 6.07 Å². The van der Waals surface area contributed by atoms with Gasteiger partial charge in [-0.3, -0.25) is 0 Å². The molecule has 1 aromatic rings. The highest BCUT2D eigenvalue weighted by atomic mass is 35.5. The number of aryl methyl sites for hydroxylation is 1. The van der Waals surface area contributed by atoms with Crippen LogP contribution in [0.5, 0.6) is 0 Å². The van der Waals surface area contributed by atoms with Gasteiger partial charge >= 0.3 is 0 Å². The fraction of sp³-hybridized carbons (Fsp3) is 0.500. The lowest BCUT2D eigenvalue weighted by atomic mass is 9.91. The van der Waals surface area contributed by atoms with Gasteiger partial charge in [0.15, 0.2) is 0 Å². The molecule has 0 radical (unpaired) electrons. The summed E-state index contributed by atoms with van der Waals surface area (Å²) in [5, 5.41) is 0.812. The molecule has 1 heterocycles. The Hall–Kier alpha value is -0.570. The first kappa shape index (κ1) is 10.9. The summed E-state index contributed by atoms with van der Waals surface area (Å²) in [7, 11) is 0. The Bertz CT molecular complexity index is 359. The van der Waals surface area contributed by atoms with Gasteiger partial charge < -0.3 is 10.5 Å². The van der Waals surface area contributed by atoms with E-state index in [-0.39, 0.29) is 5.54 Å². The third kappa shape index (κ3) is 2.51. The topological polar surface area (TPSA) is 35.2 Å². The Morgan fingerprint density at radius 2 is 2.33 bits per heavy atom. The summed E-state index contributed by atoms with van der Waals surface area (Å²) in [4.78, 5) is 0. The Morgan fingerprint density at radius 1 is 1.53 bits per heavy atom. The summed E-state index contributed by atoms with van der Waals surface area (Å²) in [6.07, 6.45) is 1.81. The van der Waals surface area contributed by atoms with Crippen LogP contribution in [0.15, 0.2) is 18.2 Å². The van der Waals surface area contributed by atoms with Gasteiger partial charge in [0.1, 0.15) is 0 Å². The number of hydrogen-bond donors (Lipinski definition) is 1. The lowest BCUT2D eigenvalue weighted by Crippen LogP contribution is -2.42. The summed E-state index contributed by atoms with van der Waals surface area (Å²) in [6, 6.07) is 6.09. The minimum Gasteiger partial charge on any atom is -0.379 e. The Morgan fingerprint density at radius 3 is 2.93 bits per heavy atom. The molecule has 2 rings (SSSR count). The fourth-order valence-electron chi connectivity index (χ4n) is 1.99. The minimum atomic E-state index is -0.180. The van der Waals surface area contributed by atoms with E-state index in [0.29, 0.717) is 6.61 Å². The Kier molecular flexibility index (Phi) is 3.01. The number of nitrogens with two attached hydrogens (primary N) is 1. The van der Waals surface area contributed by atoms with Crippen molar-refractivity contribution in [3.63, 3.8) is 0 Å². The molecular weight excluding hydrogens is 210 g/mol. The monoisotopic (exact) mass is 225 g/mol.